The first-order valence-corrected chi connectivity index (χ1v) is 7.87. The minimum atomic E-state index is 1.01. The second-order valence-corrected chi connectivity index (χ2v) is 5.72. The predicted molar refractivity (Wildman–Crippen MR) is 98.3 cm³/mol. The Bertz CT molecular complexity index is 889. The molecule has 4 rings (SSSR count). The van der Waals surface area contributed by atoms with Crippen LogP contribution in [0.1, 0.15) is 16.7 Å². The summed E-state index contributed by atoms with van der Waals surface area (Å²) in [6.07, 6.45) is 6.91. The maximum absolute atomic E-state index is 4.55. The average molecular weight is 295 g/mol. The monoisotopic (exact) mass is 295 g/mol. The minimum Gasteiger partial charge on any atom is -0.257 e. The molecule has 0 aliphatic heterocycles. The second kappa shape index (κ2) is 6.05. The van der Waals surface area contributed by atoms with Crippen LogP contribution in [-0.4, -0.2) is 6.21 Å². The van der Waals surface area contributed by atoms with E-state index in [9.17, 15) is 0 Å². The third kappa shape index (κ3) is 2.86. The van der Waals surface area contributed by atoms with Crippen molar-refractivity contribution in [2.24, 2.45) is 4.99 Å². The number of allylic oxidation sites excluding steroid dienone is 1. The van der Waals surface area contributed by atoms with Crippen LogP contribution in [0.3, 0.4) is 0 Å². The lowest BCUT2D eigenvalue weighted by Gasteiger charge is -2.01. The molecule has 0 saturated carbocycles. The quantitative estimate of drug-likeness (QED) is 0.432. The van der Waals surface area contributed by atoms with Gasteiger partial charge in [0.05, 0.1) is 5.69 Å². The number of aliphatic imine (C=N–C) groups is 1. The Kier molecular flexibility index (Phi) is 3.61. The van der Waals surface area contributed by atoms with E-state index >= 15 is 0 Å². The SMILES string of the molecule is C(=Cc1ccccc1)C=Nc1ccc2c(c1)Cc1ccccc1-2. The van der Waals surface area contributed by atoms with E-state index in [1.807, 2.05) is 30.5 Å². The summed E-state index contributed by atoms with van der Waals surface area (Å²) >= 11 is 0. The van der Waals surface area contributed by atoms with Crippen LogP contribution < -0.4 is 0 Å². The zero-order valence-corrected chi connectivity index (χ0v) is 12.8. The van der Waals surface area contributed by atoms with E-state index in [0.717, 1.165) is 12.1 Å². The summed E-state index contributed by atoms with van der Waals surface area (Å²) in [4.78, 5) is 4.55. The highest BCUT2D eigenvalue weighted by molar-refractivity contribution is 5.82. The fraction of sp³-hybridized carbons (Fsp3) is 0.0455. The first-order valence-electron chi connectivity index (χ1n) is 7.87. The predicted octanol–water partition coefficient (Wildman–Crippen LogP) is 5.67. The molecular formula is C22H17N. The summed E-state index contributed by atoms with van der Waals surface area (Å²) in [7, 11) is 0. The molecule has 0 bridgehead atoms. The first-order chi connectivity index (χ1) is 11.4. The lowest BCUT2D eigenvalue weighted by atomic mass is 10.1. The summed E-state index contributed by atoms with van der Waals surface area (Å²) in [5.41, 5.74) is 7.68. The average Bonchev–Trinajstić information content (AvgIpc) is 2.97. The number of fused-ring (bicyclic) bond motifs is 3. The van der Waals surface area contributed by atoms with Crippen molar-refractivity contribution in [2.75, 3.05) is 0 Å². The van der Waals surface area contributed by atoms with Gasteiger partial charge in [0.15, 0.2) is 0 Å². The molecule has 0 radical (unpaired) electrons. The van der Waals surface area contributed by atoms with Gasteiger partial charge in [0.2, 0.25) is 0 Å². The maximum Gasteiger partial charge on any atom is 0.0632 e. The number of hydrogen-bond donors (Lipinski definition) is 0. The summed E-state index contributed by atoms with van der Waals surface area (Å²) in [5.74, 6) is 0. The van der Waals surface area contributed by atoms with Crippen molar-refractivity contribution in [3.05, 3.63) is 95.6 Å². The van der Waals surface area contributed by atoms with Gasteiger partial charge in [-0.15, -0.1) is 0 Å². The highest BCUT2D eigenvalue weighted by atomic mass is 14.7. The van der Waals surface area contributed by atoms with Crippen LogP contribution in [0.5, 0.6) is 0 Å². The van der Waals surface area contributed by atoms with E-state index < -0.39 is 0 Å². The normalized spacial score (nSPS) is 12.7. The third-order valence-electron chi connectivity index (χ3n) is 4.18. The topological polar surface area (TPSA) is 12.4 Å². The molecule has 23 heavy (non-hydrogen) atoms. The van der Waals surface area contributed by atoms with Crippen molar-refractivity contribution in [3.8, 4) is 11.1 Å². The van der Waals surface area contributed by atoms with Crippen LogP contribution in [0, 0.1) is 0 Å². The molecule has 0 fully saturated rings. The Balaban J connectivity index is 1.53. The molecule has 0 atom stereocenters. The fourth-order valence-electron chi connectivity index (χ4n) is 3.06. The standard InChI is InChI=1S/C22H17N/c1-2-7-17(8-3-1)9-6-14-23-20-12-13-22-19(16-20)15-18-10-4-5-11-21(18)22/h1-14,16H,15H2. The first kappa shape index (κ1) is 13.7. The second-order valence-electron chi connectivity index (χ2n) is 5.72. The Morgan fingerprint density at radius 1 is 0.739 bits per heavy atom. The molecular weight excluding hydrogens is 278 g/mol. The molecule has 1 aliphatic carbocycles. The van der Waals surface area contributed by atoms with Crippen molar-refractivity contribution >= 4 is 18.0 Å². The van der Waals surface area contributed by atoms with Crippen LogP contribution in [-0.2, 0) is 6.42 Å². The molecule has 110 valence electrons. The van der Waals surface area contributed by atoms with Crippen molar-refractivity contribution in [1.29, 1.82) is 0 Å². The Morgan fingerprint density at radius 2 is 1.52 bits per heavy atom. The summed E-state index contributed by atoms with van der Waals surface area (Å²) in [6, 6.07) is 25.4. The highest BCUT2D eigenvalue weighted by Gasteiger charge is 2.17. The van der Waals surface area contributed by atoms with E-state index in [1.165, 1.54) is 27.8 Å². The van der Waals surface area contributed by atoms with E-state index in [-0.39, 0.29) is 0 Å². The molecule has 0 spiro atoms. The molecule has 1 heteroatoms. The van der Waals surface area contributed by atoms with Gasteiger partial charge < -0.3 is 0 Å². The molecule has 0 aromatic heterocycles. The van der Waals surface area contributed by atoms with E-state index in [0.29, 0.717) is 0 Å². The third-order valence-corrected chi connectivity index (χ3v) is 4.18. The van der Waals surface area contributed by atoms with Crippen LogP contribution >= 0.6 is 0 Å². The number of rotatable bonds is 3. The molecule has 0 N–H and O–H groups in total. The molecule has 0 amide bonds. The van der Waals surface area contributed by atoms with Gasteiger partial charge in [-0.3, -0.25) is 4.99 Å². The zero-order valence-electron chi connectivity index (χ0n) is 12.8. The van der Waals surface area contributed by atoms with Gasteiger partial charge in [0.25, 0.3) is 0 Å². The van der Waals surface area contributed by atoms with Crippen molar-refractivity contribution in [2.45, 2.75) is 6.42 Å². The molecule has 0 saturated heterocycles. The Labute approximate surface area is 136 Å². The number of benzene rings is 3. The Hall–Kier alpha value is -2.93. The van der Waals surface area contributed by atoms with Gasteiger partial charge in [0.1, 0.15) is 0 Å². The van der Waals surface area contributed by atoms with Crippen molar-refractivity contribution in [1.82, 2.24) is 0 Å². The summed E-state index contributed by atoms with van der Waals surface area (Å²) in [5, 5.41) is 0. The molecule has 3 aromatic carbocycles. The van der Waals surface area contributed by atoms with Crippen LogP contribution in [0.2, 0.25) is 0 Å². The largest absolute Gasteiger partial charge is 0.257 e. The van der Waals surface area contributed by atoms with Gasteiger partial charge >= 0.3 is 0 Å². The molecule has 1 nitrogen and oxygen atoms in total. The fourth-order valence-corrected chi connectivity index (χ4v) is 3.06. The zero-order chi connectivity index (χ0) is 15.5. The van der Waals surface area contributed by atoms with Gasteiger partial charge in [-0.2, -0.15) is 0 Å². The van der Waals surface area contributed by atoms with Crippen molar-refractivity contribution in [3.63, 3.8) is 0 Å². The molecule has 0 unspecified atom stereocenters. The van der Waals surface area contributed by atoms with Crippen molar-refractivity contribution < 1.29 is 0 Å². The van der Waals surface area contributed by atoms with Gasteiger partial charge in [-0.05, 0) is 52.4 Å². The van der Waals surface area contributed by atoms with Gasteiger partial charge in [-0.25, -0.2) is 0 Å². The highest BCUT2D eigenvalue weighted by Crippen LogP contribution is 2.37. The molecule has 1 aliphatic rings. The summed E-state index contributed by atoms with van der Waals surface area (Å²) in [6.45, 7) is 0. The number of nitrogens with zero attached hydrogens (tertiary/aromatic N) is 1. The lowest BCUT2D eigenvalue weighted by Crippen LogP contribution is -1.79. The van der Waals surface area contributed by atoms with E-state index in [4.69, 9.17) is 0 Å². The van der Waals surface area contributed by atoms with E-state index in [2.05, 4.69) is 65.7 Å². The van der Waals surface area contributed by atoms with Crippen LogP contribution in [0.4, 0.5) is 5.69 Å². The van der Waals surface area contributed by atoms with Crippen LogP contribution in [0.15, 0.2) is 83.9 Å². The van der Waals surface area contributed by atoms with E-state index in [1.54, 1.807) is 0 Å². The summed E-state index contributed by atoms with van der Waals surface area (Å²) < 4.78 is 0. The van der Waals surface area contributed by atoms with Crippen LogP contribution in [0.25, 0.3) is 17.2 Å². The molecule has 0 heterocycles. The van der Waals surface area contributed by atoms with Gasteiger partial charge in [0, 0.05) is 6.21 Å². The lowest BCUT2D eigenvalue weighted by molar-refractivity contribution is 1.26. The van der Waals surface area contributed by atoms with Gasteiger partial charge in [-0.1, -0.05) is 66.7 Å². The molecule has 3 aromatic rings. The number of hydrogen-bond acceptors (Lipinski definition) is 1. The maximum atomic E-state index is 4.55. The Morgan fingerprint density at radius 3 is 2.43 bits per heavy atom. The smallest absolute Gasteiger partial charge is 0.0632 e. The minimum absolute atomic E-state index is 1.01.